The van der Waals surface area contributed by atoms with Gasteiger partial charge in [-0.05, 0) is 13.8 Å². The van der Waals surface area contributed by atoms with Gasteiger partial charge >= 0.3 is 5.69 Å². The van der Waals surface area contributed by atoms with Gasteiger partial charge in [0.1, 0.15) is 6.20 Å². The third-order valence-electron chi connectivity index (χ3n) is 2.30. The fourth-order valence-corrected chi connectivity index (χ4v) is 1.44. The van der Waals surface area contributed by atoms with Crippen molar-refractivity contribution in [2.24, 2.45) is 0 Å². The van der Waals surface area contributed by atoms with E-state index in [-0.39, 0.29) is 17.2 Å². The molecule has 1 aromatic heterocycles. The Labute approximate surface area is 97.2 Å². The van der Waals surface area contributed by atoms with Crippen molar-refractivity contribution in [3.63, 3.8) is 0 Å². The van der Waals surface area contributed by atoms with Crippen molar-refractivity contribution in [3.8, 4) is 0 Å². The highest BCUT2D eigenvalue weighted by Crippen LogP contribution is 2.28. The Bertz CT molecular complexity index is 445. The first-order valence-electron chi connectivity index (χ1n) is 5.05. The molecule has 0 spiro atoms. The SMILES string of the molecule is CCN(CC)c1ncc([N+](=O)[O-])cc1[N+](=O)[O-]. The first-order valence-corrected chi connectivity index (χ1v) is 5.05. The van der Waals surface area contributed by atoms with Crippen molar-refractivity contribution in [2.45, 2.75) is 13.8 Å². The Balaban J connectivity index is 3.31. The van der Waals surface area contributed by atoms with Crippen LogP contribution in [0.3, 0.4) is 0 Å². The quantitative estimate of drug-likeness (QED) is 0.573. The summed E-state index contributed by atoms with van der Waals surface area (Å²) in [6, 6.07) is 0.931. The third kappa shape index (κ3) is 2.65. The molecule has 92 valence electrons. The van der Waals surface area contributed by atoms with E-state index in [4.69, 9.17) is 0 Å². The summed E-state index contributed by atoms with van der Waals surface area (Å²) in [5.74, 6) is 0.158. The molecule has 1 rings (SSSR count). The van der Waals surface area contributed by atoms with Gasteiger partial charge in [0.15, 0.2) is 0 Å². The highest BCUT2D eigenvalue weighted by Gasteiger charge is 2.23. The van der Waals surface area contributed by atoms with E-state index in [0.29, 0.717) is 13.1 Å². The maximum absolute atomic E-state index is 10.8. The molecule has 0 bridgehead atoms. The van der Waals surface area contributed by atoms with E-state index in [2.05, 4.69) is 4.98 Å². The van der Waals surface area contributed by atoms with E-state index in [9.17, 15) is 20.2 Å². The second-order valence-corrected chi connectivity index (χ2v) is 3.22. The van der Waals surface area contributed by atoms with Gasteiger partial charge in [0.05, 0.1) is 15.9 Å². The molecule has 0 aliphatic rings. The number of nitrogens with zero attached hydrogens (tertiary/aromatic N) is 4. The lowest BCUT2D eigenvalue weighted by Crippen LogP contribution is -2.24. The van der Waals surface area contributed by atoms with E-state index in [1.165, 1.54) is 0 Å². The zero-order valence-electron chi connectivity index (χ0n) is 9.49. The van der Waals surface area contributed by atoms with E-state index >= 15 is 0 Å². The molecular weight excluding hydrogens is 228 g/mol. The summed E-state index contributed by atoms with van der Waals surface area (Å²) in [7, 11) is 0. The second kappa shape index (κ2) is 5.19. The van der Waals surface area contributed by atoms with Gasteiger partial charge in [-0.3, -0.25) is 20.2 Å². The van der Waals surface area contributed by atoms with Gasteiger partial charge in [0, 0.05) is 13.1 Å². The average Bonchev–Trinajstić information content (AvgIpc) is 2.30. The number of aromatic nitrogens is 1. The van der Waals surface area contributed by atoms with Crippen LogP contribution in [0.5, 0.6) is 0 Å². The highest BCUT2D eigenvalue weighted by molar-refractivity contribution is 5.61. The van der Waals surface area contributed by atoms with Crippen LogP contribution in [0.25, 0.3) is 0 Å². The standard InChI is InChI=1S/C9H12N4O4/c1-3-11(4-2)9-8(13(16)17)5-7(6-10-9)12(14)15/h5-6H,3-4H2,1-2H3. The van der Waals surface area contributed by atoms with Crippen molar-refractivity contribution in [3.05, 3.63) is 32.5 Å². The fraction of sp³-hybridized carbons (Fsp3) is 0.444. The van der Waals surface area contributed by atoms with Crippen LogP contribution < -0.4 is 4.90 Å². The topological polar surface area (TPSA) is 102 Å². The summed E-state index contributed by atoms with van der Waals surface area (Å²) in [4.78, 5) is 25.5. The van der Waals surface area contributed by atoms with Crippen molar-refractivity contribution >= 4 is 17.2 Å². The smallest absolute Gasteiger partial charge is 0.318 e. The summed E-state index contributed by atoms with van der Waals surface area (Å²) in [6.07, 6.45) is 1.03. The summed E-state index contributed by atoms with van der Waals surface area (Å²) in [5, 5.41) is 21.4. The van der Waals surface area contributed by atoms with Gasteiger partial charge in [-0.1, -0.05) is 0 Å². The highest BCUT2D eigenvalue weighted by atomic mass is 16.6. The van der Waals surface area contributed by atoms with Crippen LogP contribution in [0.4, 0.5) is 17.2 Å². The summed E-state index contributed by atoms with van der Waals surface area (Å²) >= 11 is 0. The van der Waals surface area contributed by atoms with Crippen LogP contribution in [0.2, 0.25) is 0 Å². The Kier molecular flexibility index (Phi) is 3.91. The van der Waals surface area contributed by atoms with Crippen molar-refractivity contribution in [1.29, 1.82) is 0 Å². The Morgan fingerprint density at radius 1 is 1.24 bits per heavy atom. The molecule has 0 N–H and O–H groups in total. The summed E-state index contributed by atoms with van der Waals surface area (Å²) in [6.45, 7) is 4.75. The largest absolute Gasteiger partial charge is 0.351 e. The van der Waals surface area contributed by atoms with Crippen LogP contribution in [-0.4, -0.2) is 27.9 Å². The summed E-state index contributed by atoms with van der Waals surface area (Å²) < 4.78 is 0. The molecule has 8 nitrogen and oxygen atoms in total. The molecule has 0 atom stereocenters. The molecule has 1 heterocycles. The molecule has 0 aromatic carbocycles. The third-order valence-corrected chi connectivity index (χ3v) is 2.30. The molecule has 1 aromatic rings. The predicted molar refractivity (Wildman–Crippen MR) is 61.1 cm³/mol. The minimum absolute atomic E-state index is 0.158. The normalized spacial score (nSPS) is 10.0. The van der Waals surface area contributed by atoms with Gasteiger partial charge in [-0.25, -0.2) is 4.98 Å². The van der Waals surface area contributed by atoms with E-state index in [1.54, 1.807) is 4.90 Å². The minimum Gasteiger partial charge on any atom is -0.351 e. The predicted octanol–water partition coefficient (Wildman–Crippen LogP) is 1.74. The zero-order valence-corrected chi connectivity index (χ0v) is 9.49. The Morgan fingerprint density at radius 2 is 1.82 bits per heavy atom. The van der Waals surface area contributed by atoms with Crippen LogP contribution in [0, 0.1) is 20.2 Å². The molecule has 0 aliphatic heterocycles. The molecular formula is C9H12N4O4. The van der Waals surface area contributed by atoms with Crippen molar-refractivity contribution in [1.82, 2.24) is 4.98 Å². The molecule has 17 heavy (non-hydrogen) atoms. The van der Waals surface area contributed by atoms with E-state index < -0.39 is 9.85 Å². The number of hydrogen-bond donors (Lipinski definition) is 0. The van der Waals surface area contributed by atoms with Crippen molar-refractivity contribution in [2.75, 3.05) is 18.0 Å². The lowest BCUT2D eigenvalue weighted by molar-refractivity contribution is -0.394. The molecule has 0 aliphatic carbocycles. The van der Waals surface area contributed by atoms with Gasteiger partial charge in [0.2, 0.25) is 5.82 Å². The van der Waals surface area contributed by atoms with Gasteiger partial charge in [0.25, 0.3) is 5.69 Å². The summed E-state index contributed by atoms with van der Waals surface area (Å²) in [5.41, 5.74) is -0.726. The van der Waals surface area contributed by atoms with Crippen LogP contribution in [0.15, 0.2) is 12.3 Å². The van der Waals surface area contributed by atoms with Crippen LogP contribution >= 0.6 is 0 Å². The number of pyridine rings is 1. The minimum atomic E-state index is -0.702. The average molecular weight is 240 g/mol. The molecule has 0 unspecified atom stereocenters. The molecule has 8 heteroatoms. The van der Waals surface area contributed by atoms with Gasteiger partial charge < -0.3 is 4.90 Å². The van der Waals surface area contributed by atoms with E-state index in [0.717, 1.165) is 12.3 Å². The second-order valence-electron chi connectivity index (χ2n) is 3.22. The first-order chi connectivity index (χ1) is 8.01. The van der Waals surface area contributed by atoms with Gasteiger partial charge in [-0.2, -0.15) is 0 Å². The molecule has 0 amide bonds. The van der Waals surface area contributed by atoms with Crippen LogP contribution in [-0.2, 0) is 0 Å². The molecule has 0 saturated carbocycles. The van der Waals surface area contributed by atoms with E-state index in [1.807, 2.05) is 13.8 Å². The lowest BCUT2D eigenvalue weighted by Gasteiger charge is -2.18. The lowest BCUT2D eigenvalue weighted by atomic mass is 10.3. The van der Waals surface area contributed by atoms with Crippen LogP contribution in [0.1, 0.15) is 13.8 Å². The maximum atomic E-state index is 10.8. The van der Waals surface area contributed by atoms with Gasteiger partial charge in [-0.15, -0.1) is 0 Å². The Morgan fingerprint density at radius 3 is 2.24 bits per heavy atom. The number of anilines is 1. The molecule has 0 saturated heterocycles. The first kappa shape index (κ1) is 12.8. The molecule has 0 fully saturated rings. The maximum Gasteiger partial charge on any atom is 0.318 e. The molecule has 0 radical (unpaired) electrons. The van der Waals surface area contributed by atoms with Crippen molar-refractivity contribution < 1.29 is 9.85 Å². The fourth-order valence-electron chi connectivity index (χ4n) is 1.44. The zero-order chi connectivity index (χ0) is 13.0. The number of nitro groups is 2. The number of rotatable bonds is 5. The number of hydrogen-bond acceptors (Lipinski definition) is 6. The Hall–Kier alpha value is -2.25. The monoisotopic (exact) mass is 240 g/mol.